The van der Waals surface area contributed by atoms with E-state index in [9.17, 15) is 4.79 Å². The van der Waals surface area contributed by atoms with Gasteiger partial charge < -0.3 is 4.52 Å². The van der Waals surface area contributed by atoms with Crippen molar-refractivity contribution in [3.8, 4) is 0 Å². The van der Waals surface area contributed by atoms with E-state index in [-0.39, 0.29) is 12.2 Å². The number of rotatable bonds is 5. The Morgan fingerprint density at radius 2 is 2.33 bits per heavy atom. The van der Waals surface area contributed by atoms with Crippen molar-refractivity contribution >= 4 is 5.78 Å². The Morgan fingerprint density at radius 1 is 1.56 bits per heavy atom. The molecule has 1 aromatic rings. The zero-order chi connectivity index (χ0) is 13.1. The minimum atomic E-state index is 0.0508. The molecule has 0 aliphatic carbocycles. The second kappa shape index (κ2) is 5.61. The summed E-state index contributed by atoms with van der Waals surface area (Å²) in [7, 11) is 0. The van der Waals surface area contributed by atoms with Gasteiger partial charge in [0.2, 0.25) is 5.89 Å². The maximum Gasteiger partial charge on any atom is 0.234 e. The number of hydrogen-bond acceptors (Lipinski definition) is 5. The van der Waals surface area contributed by atoms with Crippen LogP contribution in [0.3, 0.4) is 0 Å². The number of carbonyl (C=O) groups is 1. The van der Waals surface area contributed by atoms with Crippen LogP contribution in [0.15, 0.2) is 4.52 Å². The highest BCUT2D eigenvalue weighted by atomic mass is 16.5. The molecule has 1 unspecified atom stereocenters. The largest absolute Gasteiger partial charge is 0.339 e. The smallest absolute Gasteiger partial charge is 0.234 e. The normalized spacial score (nSPS) is 20.8. The van der Waals surface area contributed by atoms with Gasteiger partial charge in [0, 0.05) is 18.5 Å². The molecule has 1 aromatic heterocycles. The van der Waals surface area contributed by atoms with Gasteiger partial charge in [-0.1, -0.05) is 5.16 Å². The summed E-state index contributed by atoms with van der Waals surface area (Å²) in [6.07, 6.45) is 3.49. The highest BCUT2D eigenvalue weighted by molar-refractivity contribution is 5.77. The first kappa shape index (κ1) is 13.2. The lowest BCUT2D eigenvalue weighted by molar-refractivity contribution is -0.116. The molecule has 5 heteroatoms. The van der Waals surface area contributed by atoms with Crippen LogP contribution in [-0.4, -0.2) is 39.5 Å². The van der Waals surface area contributed by atoms with Gasteiger partial charge in [-0.15, -0.1) is 0 Å². The molecule has 1 aliphatic rings. The van der Waals surface area contributed by atoms with Crippen LogP contribution in [0.25, 0.3) is 0 Å². The zero-order valence-corrected chi connectivity index (χ0v) is 11.3. The molecular weight excluding hydrogens is 230 g/mol. The van der Waals surface area contributed by atoms with Gasteiger partial charge in [0.1, 0.15) is 5.78 Å². The molecule has 0 amide bonds. The molecule has 5 nitrogen and oxygen atoms in total. The standard InChI is InChI=1S/C13H21N3O2/c1-9(2)16-6-4-5-11(16)8-12-14-13(18-15-12)7-10(3)17/h9,11H,4-8H2,1-3H3. The quantitative estimate of drug-likeness (QED) is 0.795. The van der Waals surface area contributed by atoms with E-state index >= 15 is 0 Å². The second-order valence-electron chi connectivity index (χ2n) is 5.31. The van der Waals surface area contributed by atoms with Crippen molar-refractivity contribution in [3.05, 3.63) is 11.7 Å². The van der Waals surface area contributed by atoms with E-state index in [1.165, 1.54) is 19.8 Å². The monoisotopic (exact) mass is 251 g/mol. The van der Waals surface area contributed by atoms with Crippen molar-refractivity contribution in [1.29, 1.82) is 0 Å². The summed E-state index contributed by atoms with van der Waals surface area (Å²) in [5, 5.41) is 3.96. The number of nitrogens with zero attached hydrogens (tertiary/aromatic N) is 3. The number of aromatic nitrogens is 2. The fourth-order valence-corrected chi connectivity index (χ4v) is 2.63. The lowest BCUT2D eigenvalue weighted by atomic mass is 10.1. The van der Waals surface area contributed by atoms with Gasteiger partial charge in [-0.25, -0.2) is 0 Å². The van der Waals surface area contributed by atoms with Crippen LogP contribution in [0, 0.1) is 0 Å². The van der Waals surface area contributed by atoms with Crippen molar-refractivity contribution in [1.82, 2.24) is 15.0 Å². The predicted molar refractivity (Wildman–Crippen MR) is 67.3 cm³/mol. The molecule has 0 spiro atoms. The zero-order valence-electron chi connectivity index (χ0n) is 11.3. The number of carbonyl (C=O) groups excluding carboxylic acids is 1. The predicted octanol–water partition coefficient (Wildman–Crippen LogP) is 1.62. The number of hydrogen-bond donors (Lipinski definition) is 0. The van der Waals surface area contributed by atoms with Crippen molar-refractivity contribution in [3.63, 3.8) is 0 Å². The molecule has 2 rings (SSSR count). The first-order chi connectivity index (χ1) is 8.56. The summed E-state index contributed by atoms with van der Waals surface area (Å²) < 4.78 is 5.08. The van der Waals surface area contributed by atoms with E-state index in [0.717, 1.165) is 18.8 Å². The lowest BCUT2D eigenvalue weighted by Gasteiger charge is -2.27. The van der Waals surface area contributed by atoms with Gasteiger partial charge in [-0.05, 0) is 40.2 Å². The highest BCUT2D eigenvalue weighted by Gasteiger charge is 2.28. The van der Waals surface area contributed by atoms with Gasteiger partial charge in [0.05, 0.1) is 6.42 Å². The van der Waals surface area contributed by atoms with Crippen molar-refractivity contribution in [2.24, 2.45) is 0 Å². The maximum atomic E-state index is 11.0. The third-order valence-corrected chi connectivity index (χ3v) is 3.41. The van der Waals surface area contributed by atoms with E-state index < -0.39 is 0 Å². The summed E-state index contributed by atoms with van der Waals surface area (Å²) in [5.74, 6) is 1.21. The molecule has 0 N–H and O–H groups in total. The van der Waals surface area contributed by atoms with Crippen molar-refractivity contribution in [2.75, 3.05) is 6.54 Å². The summed E-state index contributed by atoms with van der Waals surface area (Å²) >= 11 is 0. The van der Waals surface area contributed by atoms with Gasteiger partial charge in [0.15, 0.2) is 5.82 Å². The molecule has 18 heavy (non-hydrogen) atoms. The van der Waals surface area contributed by atoms with Crippen LogP contribution in [0.4, 0.5) is 0 Å². The van der Waals surface area contributed by atoms with E-state index in [2.05, 4.69) is 28.9 Å². The molecule has 1 atom stereocenters. The SMILES string of the molecule is CC(=O)Cc1nc(CC2CCCN2C(C)C)no1. The van der Waals surface area contributed by atoms with Crippen LogP contribution in [-0.2, 0) is 17.6 Å². The molecule has 0 aromatic carbocycles. The van der Waals surface area contributed by atoms with Crippen LogP contribution < -0.4 is 0 Å². The van der Waals surface area contributed by atoms with Gasteiger partial charge in [0.25, 0.3) is 0 Å². The number of ketones is 1. The summed E-state index contributed by atoms with van der Waals surface area (Å²) in [4.78, 5) is 17.7. The van der Waals surface area contributed by atoms with E-state index in [1.54, 1.807) is 0 Å². The minimum absolute atomic E-state index is 0.0508. The van der Waals surface area contributed by atoms with E-state index in [1.807, 2.05) is 0 Å². The fourth-order valence-electron chi connectivity index (χ4n) is 2.63. The van der Waals surface area contributed by atoms with Gasteiger partial charge in [-0.3, -0.25) is 9.69 Å². The molecular formula is C13H21N3O2. The van der Waals surface area contributed by atoms with Crippen LogP contribution in [0.2, 0.25) is 0 Å². The summed E-state index contributed by atoms with van der Waals surface area (Å²) in [6, 6.07) is 1.06. The third kappa shape index (κ3) is 3.16. The van der Waals surface area contributed by atoms with Crippen molar-refractivity contribution in [2.45, 2.75) is 58.5 Å². The first-order valence-electron chi connectivity index (χ1n) is 6.63. The molecule has 1 aliphatic heterocycles. The lowest BCUT2D eigenvalue weighted by Crippen LogP contribution is -2.36. The Bertz CT molecular complexity index is 414. The Kier molecular flexibility index (Phi) is 4.11. The Hall–Kier alpha value is -1.23. The third-order valence-electron chi connectivity index (χ3n) is 3.41. The fraction of sp³-hybridized carbons (Fsp3) is 0.769. The molecule has 1 fully saturated rings. The first-order valence-corrected chi connectivity index (χ1v) is 6.63. The number of likely N-dealkylation sites (tertiary alicyclic amines) is 1. The molecule has 0 saturated carbocycles. The minimum Gasteiger partial charge on any atom is -0.339 e. The average Bonchev–Trinajstić information content (AvgIpc) is 2.87. The van der Waals surface area contributed by atoms with Crippen LogP contribution in [0.5, 0.6) is 0 Å². The Morgan fingerprint density at radius 3 is 3.00 bits per heavy atom. The Labute approximate surface area is 108 Å². The highest BCUT2D eigenvalue weighted by Crippen LogP contribution is 2.22. The summed E-state index contributed by atoms with van der Waals surface area (Å²) in [5.41, 5.74) is 0. The molecule has 1 saturated heterocycles. The molecule has 0 radical (unpaired) electrons. The van der Waals surface area contributed by atoms with Crippen molar-refractivity contribution < 1.29 is 9.32 Å². The topological polar surface area (TPSA) is 59.2 Å². The maximum absolute atomic E-state index is 11.0. The molecule has 0 bridgehead atoms. The Balaban J connectivity index is 1.96. The van der Waals surface area contributed by atoms with E-state index in [4.69, 9.17) is 4.52 Å². The number of Topliss-reactive ketones (excluding diaryl/α,β-unsaturated/α-hetero) is 1. The average molecular weight is 251 g/mol. The van der Waals surface area contributed by atoms with E-state index in [0.29, 0.717) is 18.0 Å². The van der Waals surface area contributed by atoms with Crippen LogP contribution >= 0.6 is 0 Å². The van der Waals surface area contributed by atoms with Crippen LogP contribution in [0.1, 0.15) is 45.3 Å². The second-order valence-corrected chi connectivity index (χ2v) is 5.31. The van der Waals surface area contributed by atoms with Gasteiger partial charge >= 0.3 is 0 Å². The summed E-state index contributed by atoms with van der Waals surface area (Å²) in [6.45, 7) is 7.12. The van der Waals surface area contributed by atoms with Gasteiger partial charge in [-0.2, -0.15) is 4.98 Å². The molecule has 2 heterocycles. The molecule has 100 valence electrons.